The maximum atomic E-state index is 6.33. The number of benzene rings is 1. The van der Waals surface area contributed by atoms with Crippen molar-refractivity contribution in [2.45, 2.75) is 37.6 Å². The monoisotopic (exact) mass is 290 g/mol. The Morgan fingerprint density at radius 3 is 3.00 bits per heavy atom. The van der Waals surface area contributed by atoms with E-state index in [0.717, 1.165) is 6.54 Å². The standard InChI is InChI=1S/C17H26N2S/c1-14-7-8-17(13-18,16-6-3-2-5-15(14)16)19-9-4-11-20-12-10-19/h2-3,5-6,14H,4,7-13,18H2,1H3. The molecule has 20 heavy (non-hydrogen) atoms. The molecule has 2 aliphatic rings. The molecule has 0 bridgehead atoms. The second-order valence-electron chi connectivity index (χ2n) is 6.22. The van der Waals surface area contributed by atoms with Crippen molar-refractivity contribution < 1.29 is 0 Å². The van der Waals surface area contributed by atoms with Crippen LogP contribution in [0.25, 0.3) is 0 Å². The third-order valence-electron chi connectivity index (χ3n) is 5.15. The van der Waals surface area contributed by atoms with E-state index in [9.17, 15) is 0 Å². The zero-order chi connectivity index (χ0) is 14.0. The second-order valence-corrected chi connectivity index (χ2v) is 7.44. The Labute approximate surface area is 127 Å². The number of hydrogen-bond donors (Lipinski definition) is 1. The van der Waals surface area contributed by atoms with Crippen LogP contribution in [-0.2, 0) is 5.54 Å². The van der Waals surface area contributed by atoms with Crippen LogP contribution in [0.3, 0.4) is 0 Å². The molecule has 2 atom stereocenters. The lowest BCUT2D eigenvalue weighted by atomic mass is 9.71. The molecule has 2 nitrogen and oxygen atoms in total. The molecule has 1 saturated heterocycles. The Balaban J connectivity index is 2.01. The van der Waals surface area contributed by atoms with E-state index in [1.807, 2.05) is 0 Å². The van der Waals surface area contributed by atoms with Gasteiger partial charge in [0.25, 0.3) is 0 Å². The molecule has 0 amide bonds. The molecule has 3 rings (SSSR count). The molecular formula is C17H26N2S. The van der Waals surface area contributed by atoms with Crippen molar-refractivity contribution >= 4 is 11.8 Å². The van der Waals surface area contributed by atoms with Gasteiger partial charge in [-0.15, -0.1) is 0 Å². The van der Waals surface area contributed by atoms with Crippen LogP contribution in [0.1, 0.15) is 43.2 Å². The molecule has 0 saturated carbocycles. The summed E-state index contributed by atoms with van der Waals surface area (Å²) in [6, 6.07) is 9.01. The van der Waals surface area contributed by atoms with Crippen molar-refractivity contribution in [3.05, 3.63) is 35.4 Å². The summed E-state index contributed by atoms with van der Waals surface area (Å²) in [7, 11) is 0. The molecule has 2 N–H and O–H groups in total. The smallest absolute Gasteiger partial charge is 0.0587 e. The third-order valence-corrected chi connectivity index (χ3v) is 6.20. The highest BCUT2D eigenvalue weighted by Gasteiger charge is 2.42. The maximum Gasteiger partial charge on any atom is 0.0587 e. The van der Waals surface area contributed by atoms with Gasteiger partial charge in [-0.1, -0.05) is 31.2 Å². The zero-order valence-corrected chi connectivity index (χ0v) is 13.3. The summed E-state index contributed by atoms with van der Waals surface area (Å²) in [4.78, 5) is 2.69. The van der Waals surface area contributed by atoms with Gasteiger partial charge in [-0.25, -0.2) is 0 Å². The summed E-state index contributed by atoms with van der Waals surface area (Å²) in [5, 5.41) is 0. The predicted molar refractivity (Wildman–Crippen MR) is 88.3 cm³/mol. The van der Waals surface area contributed by atoms with Gasteiger partial charge in [0.15, 0.2) is 0 Å². The van der Waals surface area contributed by atoms with Crippen LogP contribution < -0.4 is 5.73 Å². The Hall–Kier alpha value is -0.510. The fourth-order valence-electron chi connectivity index (χ4n) is 3.94. The van der Waals surface area contributed by atoms with Gasteiger partial charge in [0.05, 0.1) is 5.54 Å². The van der Waals surface area contributed by atoms with E-state index < -0.39 is 0 Å². The van der Waals surface area contributed by atoms with Gasteiger partial charge in [0, 0.05) is 18.8 Å². The molecule has 0 aromatic heterocycles. The van der Waals surface area contributed by atoms with Gasteiger partial charge >= 0.3 is 0 Å². The van der Waals surface area contributed by atoms with Crippen molar-refractivity contribution in [2.24, 2.45) is 5.73 Å². The number of fused-ring (bicyclic) bond motifs is 1. The highest BCUT2D eigenvalue weighted by atomic mass is 32.2. The molecule has 1 aliphatic heterocycles. The fourth-order valence-corrected chi connectivity index (χ4v) is 4.83. The quantitative estimate of drug-likeness (QED) is 0.907. The van der Waals surface area contributed by atoms with Crippen molar-refractivity contribution in [1.29, 1.82) is 0 Å². The predicted octanol–water partition coefficient (Wildman–Crippen LogP) is 3.18. The molecule has 3 heteroatoms. The van der Waals surface area contributed by atoms with Crippen LogP contribution in [0.15, 0.2) is 24.3 Å². The number of hydrogen-bond acceptors (Lipinski definition) is 3. The molecule has 1 aliphatic carbocycles. The lowest BCUT2D eigenvalue weighted by molar-refractivity contribution is 0.0790. The lowest BCUT2D eigenvalue weighted by Gasteiger charge is -2.48. The largest absolute Gasteiger partial charge is 0.328 e. The molecule has 110 valence electrons. The second kappa shape index (κ2) is 6.08. The normalized spacial score (nSPS) is 31.6. The number of rotatable bonds is 2. The Bertz CT molecular complexity index is 454. The van der Waals surface area contributed by atoms with Crippen LogP contribution in [0.5, 0.6) is 0 Å². The van der Waals surface area contributed by atoms with Gasteiger partial charge in [-0.2, -0.15) is 11.8 Å². The van der Waals surface area contributed by atoms with Crippen molar-refractivity contribution in [2.75, 3.05) is 31.1 Å². The lowest BCUT2D eigenvalue weighted by Crippen LogP contribution is -2.54. The molecule has 0 radical (unpaired) electrons. The van der Waals surface area contributed by atoms with Gasteiger partial charge in [0.1, 0.15) is 0 Å². The summed E-state index contributed by atoms with van der Waals surface area (Å²) < 4.78 is 0. The average Bonchev–Trinajstić information content (AvgIpc) is 2.78. The highest BCUT2D eigenvalue weighted by molar-refractivity contribution is 7.99. The summed E-state index contributed by atoms with van der Waals surface area (Å²) >= 11 is 2.09. The average molecular weight is 290 g/mol. The first kappa shape index (κ1) is 14.4. The van der Waals surface area contributed by atoms with E-state index >= 15 is 0 Å². The van der Waals surface area contributed by atoms with Gasteiger partial charge < -0.3 is 5.73 Å². The van der Waals surface area contributed by atoms with Crippen molar-refractivity contribution in [3.8, 4) is 0 Å². The van der Waals surface area contributed by atoms with E-state index in [1.54, 1.807) is 0 Å². The minimum atomic E-state index is 0.0913. The molecule has 1 fully saturated rings. The first-order valence-corrected chi connectivity index (χ1v) is 9.06. The Morgan fingerprint density at radius 1 is 1.30 bits per heavy atom. The molecule has 1 heterocycles. The SMILES string of the molecule is CC1CCC(CN)(N2CCCSCC2)c2ccccc21. The number of nitrogens with zero attached hydrogens (tertiary/aromatic N) is 1. The van der Waals surface area contributed by atoms with Gasteiger partial charge in [-0.05, 0) is 48.6 Å². The highest BCUT2D eigenvalue weighted by Crippen LogP contribution is 2.44. The minimum Gasteiger partial charge on any atom is -0.328 e. The number of nitrogens with two attached hydrogens (primary N) is 1. The maximum absolute atomic E-state index is 6.33. The van der Waals surface area contributed by atoms with Crippen molar-refractivity contribution in [3.63, 3.8) is 0 Å². The van der Waals surface area contributed by atoms with Crippen LogP contribution >= 0.6 is 11.8 Å². The van der Waals surface area contributed by atoms with E-state index in [4.69, 9.17) is 5.73 Å². The van der Waals surface area contributed by atoms with E-state index in [2.05, 4.69) is 47.9 Å². The zero-order valence-electron chi connectivity index (χ0n) is 12.5. The summed E-state index contributed by atoms with van der Waals surface area (Å²) in [5.74, 6) is 3.22. The summed E-state index contributed by atoms with van der Waals surface area (Å²) in [6.07, 6.45) is 3.77. The molecule has 1 aromatic rings. The molecular weight excluding hydrogens is 264 g/mol. The Morgan fingerprint density at radius 2 is 2.15 bits per heavy atom. The van der Waals surface area contributed by atoms with E-state index in [-0.39, 0.29) is 5.54 Å². The minimum absolute atomic E-state index is 0.0913. The van der Waals surface area contributed by atoms with E-state index in [1.165, 1.54) is 55.0 Å². The molecule has 2 unspecified atom stereocenters. The van der Waals surface area contributed by atoms with Crippen LogP contribution in [0.4, 0.5) is 0 Å². The van der Waals surface area contributed by atoms with Crippen molar-refractivity contribution in [1.82, 2.24) is 4.90 Å². The van der Waals surface area contributed by atoms with Gasteiger partial charge in [-0.3, -0.25) is 4.90 Å². The van der Waals surface area contributed by atoms with E-state index in [0.29, 0.717) is 5.92 Å². The van der Waals surface area contributed by atoms with Crippen LogP contribution in [-0.4, -0.2) is 36.0 Å². The fraction of sp³-hybridized carbons (Fsp3) is 0.647. The van der Waals surface area contributed by atoms with Crippen LogP contribution in [0, 0.1) is 0 Å². The topological polar surface area (TPSA) is 29.3 Å². The summed E-state index contributed by atoms with van der Waals surface area (Å²) in [5.41, 5.74) is 9.46. The first-order chi connectivity index (χ1) is 9.78. The molecule has 0 spiro atoms. The number of thioether (sulfide) groups is 1. The summed E-state index contributed by atoms with van der Waals surface area (Å²) in [6.45, 7) is 5.50. The third kappa shape index (κ3) is 2.40. The Kier molecular flexibility index (Phi) is 4.39. The first-order valence-electron chi connectivity index (χ1n) is 7.90. The molecule has 1 aromatic carbocycles. The van der Waals surface area contributed by atoms with Crippen LogP contribution in [0.2, 0.25) is 0 Å². The van der Waals surface area contributed by atoms with Gasteiger partial charge in [0.2, 0.25) is 0 Å².